The van der Waals surface area contributed by atoms with Crippen molar-refractivity contribution in [3.63, 3.8) is 0 Å². The van der Waals surface area contributed by atoms with E-state index in [1.165, 1.54) is 12.1 Å². The van der Waals surface area contributed by atoms with Crippen molar-refractivity contribution in [1.29, 1.82) is 0 Å². The highest BCUT2D eigenvalue weighted by atomic mass is 35.5. The fourth-order valence-corrected chi connectivity index (χ4v) is 4.13. The van der Waals surface area contributed by atoms with E-state index in [2.05, 4.69) is 41.5 Å². The highest BCUT2D eigenvalue weighted by Crippen LogP contribution is 2.55. The van der Waals surface area contributed by atoms with Gasteiger partial charge >= 0.3 is 5.97 Å². The third kappa shape index (κ3) is 6.02. The van der Waals surface area contributed by atoms with E-state index in [1.807, 2.05) is 0 Å². The minimum atomic E-state index is -1.06. The van der Waals surface area contributed by atoms with Gasteiger partial charge < -0.3 is 9.47 Å². The zero-order valence-electron chi connectivity index (χ0n) is 15.9. The molecule has 0 aliphatic carbocycles. The molecule has 2 aromatic rings. The molecule has 0 aromatic carbocycles. The molecule has 0 fully saturated rings. The van der Waals surface area contributed by atoms with Crippen molar-refractivity contribution >= 4 is 39.2 Å². The van der Waals surface area contributed by atoms with Crippen LogP contribution >= 0.6 is 33.2 Å². The van der Waals surface area contributed by atoms with Gasteiger partial charge in [-0.3, -0.25) is 5.10 Å². The highest BCUT2D eigenvalue weighted by Gasteiger charge is 2.33. The Morgan fingerprint density at radius 2 is 2.00 bits per heavy atom. The van der Waals surface area contributed by atoms with Gasteiger partial charge in [-0.2, -0.15) is 0 Å². The molecule has 0 atom stereocenters. The number of carbonyl (C=O) groups is 1. The lowest BCUT2D eigenvalue weighted by Gasteiger charge is -2.46. The fourth-order valence-electron chi connectivity index (χ4n) is 2.28. The van der Waals surface area contributed by atoms with Gasteiger partial charge in [-0.25, -0.2) is 19.8 Å². The van der Waals surface area contributed by atoms with Crippen molar-refractivity contribution in [2.75, 3.05) is 25.1 Å². The summed E-state index contributed by atoms with van der Waals surface area (Å²) in [5.41, 5.74) is 0.221. The number of aromatic amines is 1. The molecule has 0 radical (unpaired) electrons. The molecule has 0 bridgehead atoms. The van der Waals surface area contributed by atoms with Crippen molar-refractivity contribution in [3.8, 4) is 5.88 Å². The topological polar surface area (TPSA) is 77.1 Å². The fraction of sp³-hybridized carbons (Fsp3) is 0.500. The van der Waals surface area contributed by atoms with Crippen LogP contribution in [0, 0.1) is 0 Å². The highest BCUT2D eigenvalue weighted by molar-refractivity contribution is 8.33. The van der Waals surface area contributed by atoms with Crippen molar-refractivity contribution < 1.29 is 14.3 Å². The number of nitrogens with one attached hydrogen (secondary N) is 1. The van der Waals surface area contributed by atoms with Gasteiger partial charge in [0.15, 0.2) is 0 Å². The molecule has 0 aliphatic rings. The lowest BCUT2D eigenvalue weighted by atomic mass is 10.1. The van der Waals surface area contributed by atoms with Gasteiger partial charge in [0.05, 0.1) is 12.2 Å². The van der Waals surface area contributed by atoms with Crippen molar-refractivity contribution in [1.82, 2.24) is 15.2 Å². The predicted octanol–water partition coefficient (Wildman–Crippen LogP) is 4.93. The number of hydrogen-bond donors (Lipinski definition) is 1. The van der Waals surface area contributed by atoms with Crippen LogP contribution in [0.2, 0.25) is 10.3 Å². The summed E-state index contributed by atoms with van der Waals surface area (Å²) in [6, 6.07) is 4.83. The monoisotopic (exact) mass is 433 g/mol. The maximum atomic E-state index is 12.1. The average molecular weight is 434 g/mol. The molecule has 9 heteroatoms. The summed E-state index contributed by atoms with van der Waals surface area (Å²) in [6.45, 7) is 4.76. The number of carbonyl (C=O) groups excluding carboxylic acids is 1. The van der Waals surface area contributed by atoms with Crippen LogP contribution < -0.4 is 4.74 Å². The van der Waals surface area contributed by atoms with Crippen LogP contribution in [-0.4, -0.2) is 51.0 Å². The molecule has 1 N–H and O–H groups in total. The number of H-pyrrole nitrogens is 1. The van der Waals surface area contributed by atoms with Crippen LogP contribution in [0.3, 0.4) is 0 Å². The van der Waals surface area contributed by atoms with Gasteiger partial charge in [0.25, 0.3) is 0 Å². The molecule has 150 valence electrons. The molecule has 2 rings (SSSR count). The lowest BCUT2D eigenvalue weighted by Crippen LogP contribution is -2.31. The van der Waals surface area contributed by atoms with Crippen LogP contribution in [0.4, 0.5) is 0 Å². The van der Waals surface area contributed by atoms with Crippen molar-refractivity contribution in [2.45, 2.75) is 31.4 Å². The van der Waals surface area contributed by atoms with Crippen LogP contribution in [0.1, 0.15) is 37.0 Å². The van der Waals surface area contributed by atoms with Gasteiger partial charge in [0, 0.05) is 12.3 Å². The Hall–Kier alpha value is -1.44. The lowest BCUT2D eigenvalue weighted by molar-refractivity contribution is 0.0495. The molecule has 0 saturated heterocycles. The maximum absolute atomic E-state index is 12.1. The number of nitrogens with zero attached hydrogens (tertiary/aromatic N) is 2. The van der Waals surface area contributed by atoms with E-state index in [4.69, 9.17) is 32.7 Å². The molecule has 0 aliphatic heterocycles. The average Bonchev–Trinajstić information content (AvgIpc) is 3.10. The molecule has 0 amide bonds. The summed E-state index contributed by atoms with van der Waals surface area (Å²) in [6.07, 6.45) is 7.87. The number of esters is 1. The first-order chi connectivity index (χ1) is 12.6. The first-order valence-electron chi connectivity index (χ1n) is 8.45. The molecular formula is C18H25Cl2N3O3S. The zero-order valence-corrected chi connectivity index (χ0v) is 18.2. The van der Waals surface area contributed by atoms with E-state index >= 15 is 0 Å². The Bertz CT molecular complexity index is 767. The summed E-state index contributed by atoms with van der Waals surface area (Å²) in [5.74, 6) is 0.737. The Labute approximate surface area is 171 Å². The van der Waals surface area contributed by atoms with E-state index in [1.54, 1.807) is 12.3 Å². The van der Waals surface area contributed by atoms with Crippen LogP contribution in [0.5, 0.6) is 5.88 Å². The third-order valence-electron chi connectivity index (χ3n) is 4.66. The standard InChI is InChI=1S/C18H25Cl2N3O3S/c1-18(2,27(3,4)12-26-15-8-10-21-23-15)9-5-11-25-17(24)13-6-7-14(19)22-16(13)20/h6-8,10H,5,9,11-12H2,1-4H3,(H,21,23). The summed E-state index contributed by atoms with van der Waals surface area (Å²) in [4.78, 5) is 16.0. The number of aromatic nitrogens is 3. The second kappa shape index (κ2) is 9.17. The molecule has 0 spiro atoms. The number of halogens is 2. The normalized spacial score (nSPS) is 12.7. The van der Waals surface area contributed by atoms with E-state index in [0.29, 0.717) is 18.4 Å². The van der Waals surface area contributed by atoms with Crippen LogP contribution in [-0.2, 0) is 4.74 Å². The SMILES string of the molecule is CC(C)(CCCOC(=O)c1ccc(Cl)nc1Cl)S(C)(C)COc1cc[nH]n1. The predicted molar refractivity (Wildman–Crippen MR) is 111 cm³/mol. The van der Waals surface area contributed by atoms with E-state index in [9.17, 15) is 4.79 Å². The Morgan fingerprint density at radius 3 is 2.63 bits per heavy atom. The van der Waals surface area contributed by atoms with Crippen LogP contribution in [0.25, 0.3) is 0 Å². The Morgan fingerprint density at radius 1 is 1.26 bits per heavy atom. The number of hydrogen-bond acceptors (Lipinski definition) is 5. The molecule has 27 heavy (non-hydrogen) atoms. The van der Waals surface area contributed by atoms with Gasteiger partial charge in [-0.15, -0.1) is 5.10 Å². The minimum absolute atomic E-state index is 0.0499. The first-order valence-corrected chi connectivity index (χ1v) is 11.8. The summed E-state index contributed by atoms with van der Waals surface area (Å²) in [7, 11) is -1.06. The molecule has 2 heterocycles. The Kier molecular flexibility index (Phi) is 7.42. The molecular weight excluding hydrogens is 409 g/mol. The molecule has 6 nitrogen and oxygen atoms in total. The van der Waals surface area contributed by atoms with E-state index in [0.717, 1.165) is 12.8 Å². The molecule has 2 aromatic heterocycles. The second-order valence-corrected chi connectivity index (χ2v) is 12.3. The quantitative estimate of drug-likeness (QED) is 0.344. The van der Waals surface area contributed by atoms with Crippen molar-refractivity contribution in [2.24, 2.45) is 0 Å². The number of ether oxygens (including phenoxy) is 2. The maximum Gasteiger partial charge on any atom is 0.341 e. The largest absolute Gasteiger partial charge is 0.467 e. The smallest absolute Gasteiger partial charge is 0.341 e. The molecule has 0 saturated carbocycles. The van der Waals surface area contributed by atoms with E-state index in [-0.39, 0.29) is 20.6 Å². The number of pyridine rings is 1. The van der Waals surface area contributed by atoms with Gasteiger partial charge in [0.2, 0.25) is 5.88 Å². The Balaban J connectivity index is 1.81. The summed E-state index contributed by atoms with van der Waals surface area (Å²) >= 11 is 11.7. The van der Waals surface area contributed by atoms with Gasteiger partial charge in [-0.1, -0.05) is 37.0 Å². The number of rotatable bonds is 9. The van der Waals surface area contributed by atoms with Gasteiger partial charge in [-0.05, 0) is 42.2 Å². The van der Waals surface area contributed by atoms with Crippen molar-refractivity contribution in [3.05, 3.63) is 40.3 Å². The second-order valence-electron chi connectivity index (χ2n) is 7.18. The minimum Gasteiger partial charge on any atom is -0.467 e. The molecule has 0 unspecified atom stereocenters. The van der Waals surface area contributed by atoms with E-state index < -0.39 is 16.0 Å². The first kappa shape index (κ1) is 21.9. The van der Waals surface area contributed by atoms with Gasteiger partial charge in [0.1, 0.15) is 16.2 Å². The van der Waals surface area contributed by atoms with Crippen LogP contribution in [0.15, 0.2) is 24.4 Å². The third-order valence-corrected chi connectivity index (χ3v) is 9.07. The summed E-state index contributed by atoms with van der Waals surface area (Å²) in [5, 5.41) is 7.05. The zero-order chi connectivity index (χ0) is 20.1. The summed E-state index contributed by atoms with van der Waals surface area (Å²) < 4.78 is 11.2.